The fourth-order valence-corrected chi connectivity index (χ4v) is 3.25. The van der Waals surface area contributed by atoms with Crippen LogP contribution in [0.1, 0.15) is 43.2 Å². The Bertz CT molecular complexity index is 530. The average Bonchev–Trinajstić information content (AvgIpc) is 2.49. The van der Waals surface area contributed by atoms with Crippen LogP contribution >= 0.6 is 11.8 Å². The minimum Gasteiger partial charge on any atom is -0.207 e. The van der Waals surface area contributed by atoms with Gasteiger partial charge in [-0.05, 0) is 61.3 Å². The van der Waals surface area contributed by atoms with Gasteiger partial charge in [-0.1, -0.05) is 43.2 Å². The highest BCUT2D eigenvalue weighted by Crippen LogP contribution is 2.24. The first-order valence-corrected chi connectivity index (χ1v) is 8.58. The summed E-state index contributed by atoms with van der Waals surface area (Å²) >= 11 is 1.93. The normalized spacial score (nSPS) is 12.3. The SMILES string of the molecule is Cc1ccc(SCCCCC(C)c2ccc(F)cc2)cc1. The van der Waals surface area contributed by atoms with Crippen LogP contribution in [0.5, 0.6) is 0 Å². The van der Waals surface area contributed by atoms with Gasteiger partial charge in [-0.2, -0.15) is 0 Å². The Labute approximate surface area is 131 Å². The summed E-state index contributed by atoms with van der Waals surface area (Å²) in [7, 11) is 0. The van der Waals surface area contributed by atoms with Crippen LogP contribution in [0.2, 0.25) is 0 Å². The number of rotatable bonds is 7. The van der Waals surface area contributed by atoms with Crippen molar-refractivity contribution in [2.75, 3.05) is 5.75 Å². The summed E-state index contributed by atoms with van der Waals surface area (Å²) in [5, 5.41) is 0. The first-order valence-electron chi connectivity index (χ1n) is 7.60. The summed E-state index contributed by atoms with van der Waals surface area (Å²) in [5.74, 6) is 1.52. The van der Waals surface area contributed by atoms with Gasteiger partial charge in [-0.25, -0.2) is 4.39 Å². The Morgan fingerprint density at radius 2 is 1.62 bits per heavy atom. The molecule has 2 aromatic rings. The first kappa shape index (κ1) is 16.1. The van der Waals surface area contributed by atoms with Crippen LogP contribution in [0, 0.1) is 12.7 Å². The van der Waals surface area contributed by atoms with Crippen LogP contribution in [0.15, 0.2) is 53.4 Å². The first-order chi connectivity index (χ1) is 10.1. The van der Waals surface area contributed by atoms with Crippen LogP contribution in [-0.2, 0) is 0 Å². The van der Waals surface area contributed by atoms with Gasteiger partial charge in [0.05, 0.1) is 0 Å². The minimum atomic E-state index is -0.152. The molecule has 0 aromatic heterocycles. The third-order valence-electron chi connectivity index (χ3n) is 3.76. The van der Waals surface area contributed by atoms with Gasteiger partial charge in [0.15, 0.2) is 0 Å². The zero-order valence-electron chi connectivity index (χ0n) is 12.8. The molecule has 0 saturated heterocycles. The number of unbranched alkanes of at least 4 members (excludes halogenated alkanes) is 1. The molecule has 21 heavy (non-hydrogen) atoms. The summed E-state index contributed by atoms with van der Waals surface area (Å²) in [5.41, 5.74) is 2.55. The van der Waals surface area contributed by atoms with E-state index in [2.05, 4.69) is 38.1 Å². The molecule has 2 aromatic carbocycles. The lowest BCUT2D eigenvalue weighted by molar-refractivity contribution is 0.613. The third-order valence-corrected chi connectivity index (χ3v) is 4.86. The average molecular weight is 302 g/mol. The zero-order chi connectivity index (χ0) is 15.1. The van der Waals surface area contributed by atoms with Crippen molar-refractivity contribution < 1.29 is 4.39 Å². The van der Waals surface area contributed by atoms with Gasteiger partial charge in [0, 0.05) is 4.90 Å². The molecule has 0 aliphatic heterocycles. The van der Waals surface area contributed by atoms with Crippen molar-refractivity contribution in [1.82, 2.24) is 0 Å². The van der Waals surface area contributed by atoms with Crippen LogP contribution in [0.3, 0.4) is 0 Å². The number of halogens is 1. The molecule has 0 fully saturated rings. The highest BCUT2D eigenvalue weighted by molar-refractivity contribution is 7.99. The van der Waals surface area contributed by atoms with Crippen molar-refractivity contribution >= 4 is 11.8 Å². The molecule has 0 radical (unpaired) electrons. The fourth-order valence-electron chi connectivity index (χ4n) is 2.34. The highest BCUT2D eigenvalue weighted by atomic mass is 32.2. The summed E-state index contributed by atoms with van der Waals surface area (Å²) in [6, 6.07) is 15.6. The molecular weight excluding hydrogens is 279 g/mol. The van der Waals surface area contributed by atoms with Crippen molar-refractivity contribution in [2.45, 2.75) is 43.9 Å². The van der Waals surface area contributed by atoms with Crippen molar-refractivity contribution in [3.05, 3.63) is 65.5 Å². The second-order valence-electron chi connectivity index (χ2n) is 5.61. The van der Waals surface area contributed by atoms with E-state index in [-0.39, 0.29) is 5.82 Å². The molecule has 2 heteroatoms. The maximum Gasteiger partial charge on any atom is 0.123 e. The van der Waals surface area contributed by atoms with Crippen molar-refractivity contribution in [2.24, 2.45) is 0 Å². The molecule has 0 nitrogen and oxygen atoms in total. The van der Waals surface area contributed by atoms with Gasteiger partial charge >= 0.3 is 0 Å². The summed E-state index contributed by atoms with van der Waals surface area (Å²) < 4.78 is 12.9. The van der Waals surface area contributed by atoms with Crippen LogP contribution < -0.4 is 0 Å². The quantitative estimate of drug-likeness (QED) is 0.433. The molecule has 0 saturated carbocycles. The molecule has 0 N–H and O–H groups in total. The van der Waals surface area contributed by atoms with Crippen LogP contribution in [-0.4, -0.2) is 5.75 Å². The molecule has 0 aliphatic rings. The number of hydrogen-bond acceptors (Lipinski definition) is 1. The Hall–Kier alpha value is -1.28. The van der Waals surface area contributed by atoms with E-state index >= 15 is 0 Å². The summed E-state index contributed by atoms with van der Waals surface area (Å²) in [6.07, 6.45) is 3.61. The topological polar surface area (TPSA) is 0 Å². The standard InChI is InChI=1S/C19H23FS/c1-15-6-12-19(13-7-15)21-14-4-3-5-16(2)17-8-10-18(20)11-9-17/h6-13,16H,3-5,14H2,1-2H3. The van der Waals surface area contributed by atoms with E-state index in [1.807, 2.05) is 23.9 Å². The molecule has 2 rings (SSSR count). The minimum absolute atomic E-state index is 0.152. The second kappa shape index (κ2) is 8.23. The third kappa shape index (κ3) is 5.55. The molecule has 1 atom stereocenters. The van der Waals surface area contributed by atoms with E-state index < -0.39 is 0 Å². The zero-order valence-corrected chi connectivity index (χ0v) is 13.6. The van der Waals surface area contributed by atoms with Crippen molar-refractivity contribution in [3.8, 4) is 0 Å². The van der Waals surface area contributed by atoms with E-state index in [9.17, 15) is 4.39 Å². The molecule has 1 unspecified atom stereocenters. The number of aryl methyl sites for hydroxylation is 1. The van der Waals surface area contributed by atoms with E-state index in [0.29, 0.717) is 5.92 Å². The van der Waals surface area contributed by atoms with E-state index in [0.717, 1.165) is 0 Å². The van der Waals surface area contributed by atoms with Gasteiger partial charge in [0.2, 0.25) is 0 Å². The highest BCUT2D eigenvalue weighted by Gasteiger charge is 2.05. The lowest BCUT2D eigenvalue weighted by Gasteiger charge is -2.11. The smallest absolute Gasteiger partial charge is 0.123 e. The van der Waals surface area contributed by atoms with E-state index in [1.54, 1.807) is 12.1 Å². The van der Waals surface area contributed by atoms with Gasteiger partial charge < -0.3 is 0 Å². The maximum absolute atomic E-state index is 12.9. The van der Waals surface area contributed by atoms with Crippen LogP contribution in [0.4, 0.5) is 4.39 Å². The lowest BCUT2D eigenvalue weighted by Crippen LogP contribution is -1.94. The molecule has 0 bridgehead atoms. The summed E-state index contributed by atoms with van der Waals surface area (Å²) in [4.78, 5) is 1.35. The molecule has 0 amide bonds. The fraction of sp³-hybridized carbons (Fsp3) is 0.368. The number of benzene rings is 2. The predicted molar refractivity (Wildman–Crippen MR) is 90.6 cm³/mol. The Kier molecular flexibility index (Phi) is 6.31. The molecule has 0 heterocycles. The Balaban J connectivity index is 1.65. The molecule has 0 spiro atoms. The monoisotopic (exact) mass is 302 g/mol. The van der Waals surface area contributed by atoms with Gasteiger partial charge in [0.25, 0.3) is 0 Å². The second-order valence-corrected chi connectivity index (χ2v) is 6.78. The Morgan fingerprint density at radius 3 is 2.29 bits per heavy atom. The molecular formula is C19H23FS. The number of hydrogen-bond donors (Lipinski definition) is 0. The van der Waals surface area contributed by atoms with Gasteiger partial charge in [-0.3, -0.25) is 0 Å². The van der Waals surface area contributed by atoms with Crippen molar-refractivity contribution in [1.29, 1.82) is 0 Å². The largest absolute Gasteiger partial charge is 0.207 e. The van der Waals surface area contributed by atoms with Gasteiger partial charge in [-0.15, -0.1) is 11.8 Å². The lowest BCUT2D eigenvalue weighted by atomic mass is 9.96. The maximum atomic E-state index is 12.9. The van der Waals surface area contributed by atoms with Crippen molar-refractivity contribution in [3.63, 3.8) is 0 Å². The molecule has 112 valence electrons. The van der Waals surface area contributed by atoms with E-state index in [1.165, 1.54) is 41.0 Å². The predicted octanol–water partition coefficient (Wildman–Crippen LogP) is 6.20. The van der Waals surface area contributed by atoms with Crippen LogP contribution in [0.25, 0.3) is 0 Å². The summed E-state index contributed by atoms with van der Waals surface area (Å²) in [6.45, 7) is 4.34. The van der Waals surface area contributed by atoms with E-state index in [4.69, 9.17) is 0 Å². The van der Waals surface area contributed by atoms with Gasteiger partial charge in [0.1, 0.15) is 5.82 Å². The number of thioether (sulfide) groups is 1. The Morgan fingerprint density at radius 1 is 0.952 bits per heavy atom. The molecule has 0 aliphatic carbocycles.